The molecule has 1 aliphatic heterocycles. The van der Waals surface area contributed by atoms with Gasteiger partial charge in [-0.25, -0.2) is 0 Å². The average molecular weight is 155 g/mol. The van der Waals surface area contributed by atoms with Crippen molar-refractivity contribution in [2.45, 2.75) is 12.8 Å². The lowest BCUT2D eigenvalue weighted by atomic mass is 9.86. The molecule has 1 saturated carbocycles. The molecule has 62 valence electrons. The van der Waals surface area contributed by atoms with Gasteiger partial charge in [-0.1, -0.05) is 0 Å². The van der Waals surface area contributed by atoms with Crippen LogP contribution in [0.4, 0.5) is 0 Å². The predicted molar refractivity (Wildman–Crippen MR) is 40.2 cm³/mol. The highest BCUT2D eigenvalue weighted by Gasteiger charge is 2.43. The number of rotatable bonds is 1. The standard InChI is InChI=1S/C8H13NO2/c10-8(11)7-5-1-2-6(7)4-9-3-5/h5-7,9H,1-4H2,(H,10,11)/t5-,6+,7+. The minimum Gasteiger partial charge on any atom is -0.481 e. The maximum atomic E-state index is 10.8. The van der Waals surface area contributed by atoms with E-state index >= 15 is 0 Å². The molecule has 1 heterocycles. The van der Waals surface area contributed by atoms with Crippen molar-refractivity contribution in [1.82, 2.24) is 5.32 Å². The molecule has 2 bridgehead atoms. The molecule has 0 aromatic carbocycles. The van der Waals surface area contributed by atoms with E-state index in [1.54, 1.807) is 0 Å². The highest BCUT2D eigenvalue weighted by molar-refractivity contribution is 5.71. The Hall–Kier alpha value is -0.570. The summed E-state index contributed by atoms with van der Waals surface area (Å²) in [5.41, 5.74) is 0. The van der Waals surface area contributed by atoms with E-state index in [4.69, 9.17) is 5.11 Å². The van der Waals surface area contributed by atoms with Crippen molar-refractivity contribution in [2.75, 3.05) is 13.1 Å². The molecular formula is C8H13NO2. The van der Waals surface area contributed by atoms with Crippen LogP contribution in [0.25, 0.3) is 0 Å². The molecule has 3 atom stereocenters. The van der Waals surface area contributed by atoms with Crippen LogP contribution in [0.2, 0.25) is 0 Å². The Bertz CT molecular complexity index is 165. The number of carboxylic acids is 1. The summed E-state index contributed by atoms with van der Waals surface area (Å²) in [6.07, 6.45) is 2.21. The highest BCUT2D eigenvalue weighted by Crippen LogP contribution is 2.38. The van der Waals surface area contributed by atoms with Gasteiger partial charge in [-0.05, 0) is 37.8 Å². The lowest BCUT2D eigenvalue weighted by molar-refractivity contribution is -0.145. The summed E-state index contributed by atoms with van der Waals surface area (Å²) < 4.78 is 0. The monoisotopic (exact) mass is 155 g/mol. The Morgan fingerprint density at radius 2 is 1.82 bits per heavy atom. The van der Waals surface area contributed by atoms with Gasteiger partial charge in [-0.3, -0.25) is 4.79 Å². The van der Waals surface area contributed by atoms with E-state index in [1.807, 2.05) is 0 Å². The number of hydrogen-bond acceptors (Lipinski definition) is 2. The molecule has 0 aromatic heterocycles. The fourth-order valence-corrected chi connectivity index (χ4v) is 2.49. The van der Waals surface area contributed by atoms with E-state index in [0.29, 0.717) is 11.8 Å². The van der Waals surface area contributed by atoms with E-state index in [9.17, 15) is 4.79 Å². The van der Waals surface area contributed by atoms with Crippen LogP contribution in [0.15, 0.2) is 0 Å². The van der Waals surface area contributed by atoms with E-state index in [-0.39, 0.29) is 5.92 Å². The van der Waals surface area contributed by atoms with Gasteiger partial charge in [0.25, 0.3) is 0 Å². The fourth-order valence-electron chi connectivity index (χ4n) is 2.49. The van der Waals surface area contributed by atoms with Crippen LogP contribution in [-0.4, -0.2) is 24.2 Å². The van der Waals surface area contributed by atoms with Crippen LogP contribution in [0.3, 0.4) is 0 Å². The minimum absolute atomic E-state index is 0.0451. The average Bonchev–Trinajstić information content (AvgIpc) is 2.23. The van der Waals surface area contributed by atoms with Crippen LogP contribution in [-0.2, 0) is 4.79 Å². The Kier molecular flexibility index (Phi) is 1.60. The summed E-state index contributed by atoms with van der Waals surface area (Å²) in [6.45, 7) is 1.82. The van der Waals surface area contributed by atoms with Gasteiger partial charge in [0.2, 0.25) is 0 Å². The first kappa shape index (κ1) is 7.10. The Morgan fingerprint density at radius 3 is 2.18 bits per heavy atom. The largest absolute Gasteiger partial charge is 0.481 e. The smallest absolute Gasteiger partial charge is 0.307 e. The van der Waals surface area contributed by atoms with E-state index < -0.39 is 5.97 Å². The number of aliphatic carboxylic acids is 1. The summed E-state index contributed by atoms with van der Waals surface area (Å²) in [7, 11) is 0. The highest BCUT2D eigenvalue weighted by atomic mass is 16.4. The fraction of sp³-hybridized carbons (Fsp3) is 0.875. The second-order valence-electron chi connectivity index (χ2n) is 3.62. The van der Waals surface area contributed by atoms with E-state index in [2.05, 4.69) is 5.32 Å². The molecule has 1 saturated heterocycles. The summed E-state index contributed by atoms with van der Waals surface area (Å²) in [6, 6.07) is 0. The molecule has 0 spiro atoms. The third-order valence-corrected chi connectivity index (χ3v) is 3.02. The SMILES string of the molecule is O=C(O)[C@H]1[C@@H]2CC[C@H]1CNC2. The van der Waals surface area contributed by atoms with Crippen LogP contribution in [0, 0.1) is 17.8 Å². The molecular weight excluding hydrogens is 142 g/mol. The topological polar surface area (TPSA) is 49.3 Å². The van der Waals surface area contributed by atoms with E-state index in [1.165, 1.54) is 0 Å². The first-order valence-electron chi connectivity index (χ1n) is 4.22. The predicted octanol–water partition coefficient (Wildman–Crippen LogP) is 0.317. The molecule has 1 aliphatic carbocycles. The zero-order chi connectivity index (χ0) is 7.84. The van der Waals surface area contributed by atoms with Crippen molar-refractivity contribution in [2.24, 2.45) is 17.8 Å². The van der Waals surface area contributed by atoms with Gasteiger partial charge in [-0.2, -0.15) is 0 Å². The first-order valence-corrected chi connectivity index (χ1v) is 4.22. The number of fused-ring (bicyclic) bond motifs is 2. The van der Waals surface area contributed by atoms with Crippen molar-refractivity contribution >= 4 is 5.97 Å². The van der Waals surface area contributed by atoms with Gasteiger partial charge in [0.05, 0.1) is 5.92 Å². The Labute approximate surface area is 65.8 Å². The van der Waals surface area contributed by atoms with Crippen molar-refractivity contribution in [1.29, 1.82) is 0 Å². The van der Waals surface area contributed by atoms with Crippen LogP contribution in [0.5, 0.6) is 0 Å². The lowest BCUT2D eigenvalue weighted by Gasteiger charge is -2.26. The second kappa shape index (κ2) is 2.48. The molecule has 2 fully saturated rings. The third kappa shape index (κ3) is 1.03. The zero-order valence-electron chi connectivity index (χ0n) is 6.42. The number of carboxylic acid groups (broad SMARTS) is 1. The van der Waals surface area contributed by atoms with Crippen molar-refractivity contribution in [3.63, 3.8) is 0 Å². The van der Waals surface area contributed by atoms with Gasteiger partial charge in [0, 0.05) is 0 Å². The van der Waals surface area contributed by atoms with Gasteiger partial charge in [0.15, 0.2) is 0 Å². The van der Waals surface area contributed by atoms with Gasteiger partial charge in [0.1, 0.15) is 0 Å². The molecule has 0 aromatic rings. The maximum absolute atomic E-state index is 10.8. The van der Waals surface area contributed by atoms with Crippen LogP contribution in [0.1, 0.15) is 12.8 Å². The summed E-state index contributed by atoms with van der Waals surface area (Å²) in [5, 5.41) is 12.2. The summed E-state index contributed by atoms with van der Waals surface area (Å²) in [4.78, 5) is 10.8. The Balaban J connectivity index is 2.15. The summed E-state index contributed by atoms with van der Waals surface area (Å²) in [5.74, 6) is 0.188. The Morgan fingerprint density at radius 1 is 1.27 bits per heavy atom. The molecule has 0 radical (unpaired) electrons. The number of nitrogens with one attached hydrogen (secondary N) is 1. The minimum atomic E-state index is -0.584. The molecule has 11 heavy (non-hydrogen) atoms. The molecule has 2 aliphatic rings. The number of piperidine rings is 1. The van der Waals surface area contributed by atoms with E-state index in [0.717, 1.165) is 25.9 Å². The quantitative estimate of drug-likeness (QED) is 0.573. The molecule has 0 amide bonds. The second-order valence-corrected chi connectivity index (χ2v) is 3.62. The van der Waals surface area contributed by atoms with Crippen LogP contribution >= 0.6 is 0 Å². The number of carbonyl (C=O) groups is 1. The molecule has 3 nitrogen and oxygen atoms in total. The van der Waals surface area contributed by atoms with Crippen LogP contribution < -0.4 is 5.32 Å². The van der Waals surface area contributed by atoms with Crippen molar-refractivity contribution in [3.8, 4) is 0 Å². The number of hydrogen-bond donors (Lipinski definition) is 2. The van der Waals surface area contributed by atoms with Crippen molar-refractivity contribution in [3.05, 3.63) is 0 Å². The van der Waals surface area contributed by atoms with Gasteiger partial charge < -0.3 is 10.4 Å². The zero-order valence-corrected chi connectivity index (χ0v) is 6.42. The van der Waals surface area contributed by atoms with Gasteiger partial charge in [-0.15, -0.1) is 0 Å². The molecule has 2 rings (SSSR count). The molecule has 2 N–H and O–H groups in total. The maximum Gasteiger partial charge on any atom is 0.307 e. The van der Waals surface area contributed by atoms with Crippen molar-refractivity contribution < 1.29 is 9.90 Å². The summed E-state index contributed by atoms with van der Waals surface area (Å²) >= 11 is 0. The first-order chi connectivity index (χ1) is 5.29. The third-order valence-electron chi connectivity index (χ3n) is 3.02. The molecule has 0 unspecified atom stereocenters. The van der Waals surface area contributed by atoms with Gasteiger partial charge >= 0.3 is 5.97 Å². The normalized spacial score (nSPS) is 42.4. The lowest BCUT2D eigenvalue weighted by Crippen LogP contribution is -2.41. The molecule has 3 heteroatoms.